The Morgan fingerprint density at radius 3 is 1.94 bits per heavy atom. The number of anilines is 3. The van der Waals surface area contributed by atoms with Crippen LogP contribution < -0.4 is 20.1 Å². The first-order valence-corrected chi connectivity index (χ1v) is 11.2. The Hall–Kier alpha value is -3.80. The number of carbonyl (C=O) groups is 1. The normalized spacial score (nSPS) is 12.5. The highest BCUT2D eigenvalue weighted by Crippen LogP contribution is 2.24. The molecule has 0 aliphatic rings. The molecule has 7 nitrogen and oxygen atoms in total. The monoisotopic (exact) mass is 497 g/mol. The van der Waals surface area contributed by atoms with Gasteiger partial charge < -0.3 is 15.4 Å². The maximum Gasteiger partial charge on any atom is 0.573 e. The van der Waals surface area contributed by atoms with Crippen molar-refractivity contribution >= 4 is 33.0 Å². The lowest BCUT2D eigenvalue weighted by molar-refractivity contribution is -0.274. The lowest BCUT2D eigenvalue weighted by atomic mass is 10.2. The minimum Gasteiger partial charge on any atom is -0.406 e. The molecule has 180 valence electrons. The second-order valence-corrected chi connectivity index (χ2v) is 8.75. The summed E-state index contributed by atoms with van der Waals surface area (Å²) < 4.78 is 80.5. The predicted molar refractivity (Wildman–Crippen MR) is 118 cm³/mol. The molecule has 0 bridgehead atoms. The second kappa shape index (κ2) is 10.00. The maximum absolute atomic E-state index is 13.0. The zero-order valence-corrected chi connectivity index (χ0v) is 18.4. The fraction of sp³-hybridized carbons (Fsp3) is 0.136. The Kier molecular flexibility index (Phi) is 7.30. The Bertz CT molecular complexity index is 1230. The molecule has 3 aromatic carbocycles. The van der Waals surface area contributed by atoms with E-state index in [1.54, 1.807) is 19.1 Å². The molecule has 1 amide bonds. The standard InChI is InChI=1S/C22H19F4N3O4S/c1-14(21(30)28-17-8-10-19(11-9-17)33-22(24,25)26)27-16-4-6-18(7-5-16)29-34(31,32)20-12-2-15(23)3-13-20/h2-14,27,29H,1H3,(H,28,30)/t14-/m0/s1. The fourth-order valence-electron chi connectivity index (χ4n) is 2.77. The van der Waals surface area contributed by atoms with Crippen molar-refractivity contribution in [2.75, 3.05) is 15.4 Å². The van der Waals surface area contributed by atoms with Crippen molar-refractivity contribution < 1.29 is 35.5 Å². The summed E-state index contributed by atoms with van der Waals surface area (Å²) in [6.45, 7) is 1.57. The molecule has 0 fully saturated rings. The van der Waals surface area contributed by atoms with E-state index in [1.807, 2.05) is 0 Å². The summed E-state index contributed by atoms with van der Waals surface area (Å²) in [5.74, 6) is -1.42. The van der Waals surface area contributed by atoms with Crippen molar-refractivity contribution in [3.8, 4) is 5.75 Å². The van der Waals surface area contributed by atoms with Gasteiger partial charge in [-0.3, -0.25) is 9.52 Å². The zero-order valence-electron chi connectivity index (χ0n) is 17.6. The van der Waals surface area contributed by atoms with Gasteiger partial charge in [0.1, 0.15) is 17.6 Å². The molecular weight excluding hydrogens is 478 g/mol. The lowest BCUT2D eigenvalue weighted by Crippen LogP contribution is -2.31. The first-order valence-electron chi connectivity index (χ1n) is 9.73. The van der Waals surface area contributed by atoms with Gasteiger partial charge in [-0.25, -0.2) is 12.8 Å². The number of benzene rings is 3. The van der Waals surface area contributed by atoms with Crippen LogP contribution in [0.3, 0.4) is 0 Å². The van der Waals surface area contributed by atoms with Crippen molar-refractivity contribution in [2.45, 2.75) is 24.2 Å². The number of rotatable bonds is 8. The van der Waals surface area contributed by atoms with Crippen LogP contribution in [0.2, 0.25) is 0 Å². The van der Waals surface area contributed by atoms with Gasteiger partial charge in [0.25, 0.3) is 10.0 Å². The maximum atomic E-state index is 13.0. The fourth-order valence-corrected chi connectivity index (χ4v) is 3.83. The van der Waals surface area contributed by atoms with Crippen LogP contribution in [0.4, 0.5) is 34.6 Å². The van der Waals surface area contributed by atoms with E-state index in [1.165, 1.54) is 24.3 Å². The molecule has 0 aromatic heterocycles. The highest BCUT2D eigenvalue weighted by Gasteiger charge is 2.31. The van der Waals surface area contributed by atoms with Gasteiger partial charge in [-0.05, 0) is 79.7 Å². The molecule has 0 saturated carbocycles. The van der Waals surface area contributed by atoms with Crippen LogP contribution in [0.1, 0.15) is 6.92 Å². The number of alkyl halides is 3. The number of amides is 1. The summed E-state index contributed by atoms with van der Waals surface area (Å²) >= 11 is 0. The quantitative estimate of drug-likeness (QED) is 0.382. The van der Waals surface area contributed by atoms with Crippen molar-refractivity contribution in [1.29, 1.82) is 0 Å². The SMILES string of the molecule is C[C@H](Nc1ccc(NS(=O)(=O)c2ccc(F)cc2)cc1)C(=O)Nc1ccc(OC(F)(F)F)cc1. The van der Waals surface area contributed by atoms with Gasteiger partial charge in [0.2, 0.25) is 5.91 Å². The Morgan fingerprint density at radius 1 is 0.853 bits per heavy atom. The third-order valence-electron chi connectivity index (χ3n) is 4.39. The minimum absolute atomic E-state index is 0.0978. The molecule has 0 radical (unpaired) electrons. The average molecular weight is 497 g/mol. The smallest absolute Gasteiger partial charge is 0.406 e. The zero-order chi connectivity index (χ0) is 24.9. The molecule has 1 atom stereocenters. The highest BCUT2D eigenvalue weighted by atomic mass is 32.2. The molecular formula is C22H19F4N3O4S. The molecule has 3 aromatic rings. The number of carbonyl (C=O) groups excluding carboxylic acids is 1. The van der Waals surface area contributed by atoms with Crippen LogP contribution in [-0.4, -0.2) is 26.7 Å². The van der Waals surface area contributed by atoms with Crippen molar-refractivity contribution in [2.24, 2.45) is 0 Å². The van der Waals surface area contributed by atoms with Crippen LogP contribution >= 0.6 is 0 Å². The van der Waals surface area contributed by atoms with Crippen LogP contribution in [0.5, 0.6) is 5.75 Å². The summed E-state index contributed by atoms with van der Waals surface area (Å²) in [7, 11) is -3.90. The number of sulfonamides is 1. The van der Waals surface area contributed by atoms with Gasteiger partial charge in [0, 0.05) is 17.1 Å². The minimum atomic E-state index is -4.81. The first kappa shape index (κ1) is 24.8. The van der Waals surface area contributed by atoms with Gasteiger partial charge in [0.15, 0.2) is 0 Å². The molecule has 0 heterocycles. The predicted octanol–water partition coefficient (Wildman–Crippen LogP) is 4.96. The van der Waals surface area contributed by atoms with E-state index in [-0.39, 0.29) is 16.3 Å². The second-order valence-electron chi connectivity index (χ2n) is 7.06. The van der Waals surface area contributed by atoms with E-state index in [4.69, 9.17) is 0 Å². The molecule has 0 aliphatic heterocycles. The Morgan fingerprint density at radius 2 is 1.38 bits per heavy atom. The van der Waals surface area contributed by atoms with E-state index in [2.05, 4.69) is 20.1 Å². The van der Waals surface area contributed by atoms with Gasteiger partial charge in [-0.1, -0.05) is 0 Å². The third kappa shape index (κ3) is 7.10. The summed E-state index contributed by atoms with van der Waals surface area (Å²) in [5.41, 5.74) is 1.05. The summed E-state index contributed by atoms with van der Waals surface area (Å²) in [6.07, 6.45) is -4.81. The van der Waals surface area contributed by atoms with Gasteiger partial charge in [0.05, 0.1) is 4.90 Å². The molecule has 12 heteroatoms. The van der Waals surface area contributed by atoms with Gasteiger partial charge in [-0.15, -0.1) is 13.2 Å². The van der Waals surface area contributed by atoms with E-state index in [9.17, 15) is 30.8 Å². The van der Waals surface area contributed by atoms with Crippen molar-refractivity contribution in [1.82, 2.24) is 0 Å². The highest BCUT2D eigenvalue weighted by molar-refractivity contribution is 7.92. The van der Waals surface area contributed by atoms with Crippen LogP contribution in [0.15, 0.2) is 77.7 Å². The molecule has 34 heavy (non-hydrogen) atoms. The molecule has 3 N–H and O–H groups in total. The van der Waals surface area contributed by atoms with Crippen LogP contribution in [-0.2, 0) is 14.8 Å². The van der Waals surface area contributed by atoms with Gasteiger partial charge >= 0.3 is 6.36 Å². The summed E-state index contributed by atoms with van der Waals surface area (Å²) in [4.78, 5) is 12.3. The van der Waals surface area contributed by atoms with Crippen molar-refractivity contribution in [3.05, 3.63) is 78.6 Å². The number of nitrogens with one attached hydrogen (secondary N) is 3. The van der Waals surface area contributed by atoms with Crippen molar-refractivity contribution in [3.63, 3.8) is 0 Å². The number of ether oxygens (including phenoxy) is 1. The van der Waals surface area contributed by atoms with E-state index in [0.29, 0.717) is 5.69 Å². The summed E-state index contributed by atoms with van der Waals surface area (Å²) in [6, 6.07) is 14.4. The number of halogens is 4. The lowest BCUT2D eigenvalue weighted by Gasteiger charge is -2.16. The number of hydrogen-bond acceptors (Lipinski definition) is 5. The topological polar surface area (TPSA) is 96.5 Å². The van der Waals surface area contributed by atoms with Crippen LogP contribution in [0, 0.1) is 5.82 Å². The van der Waals surface area contributed by atoms with Crippen LogP contribution in [0.25, 0.3) is 0 Å². The summed E-state index contributed by atoms with van der Waals surface area (Å²) in [5, 5.41) is 5.49. The van der Waals surface area contributed by atoms with Gasteiger partial charge in [-0.2, -0.15) is 0 Å². The third-order valence-corrected chi connectivity index (χ3v) is 5.79. The van der Waals surface area contributed by atoms with E-state index in [0.717, 1.165) is 36.4 Å². The molecule has 0 aliphatic carbocycles. The Labute approximate surface area is 192 Å². The molecule has 0 spiro atoms. The number of hydrogen-bond donors (Lipinski definition) is 3. The van der Waals surface area contributed by atoms with E-state index >= 15 is 0 Å². The molecule has 3 rings (SSSR count). The molecule has 0 unspecified atom stereocenters. The van der Waals surface area contributed by atoms with E-state index < -0.39 is 39.9 Å². The molecule has 0 saturated heterocycles. The Balaban J connectivity index is 1.56. The first-order chi connectivity index (χ1) is 15.9. The average Bonchev–Trinajstić information content (AvgIpc) is 2.75. The largest absolute Gasteiger partial charge is 0.573 e.